The Morgan fingerprint density at radius 1 is 1.38 bits per heavy atom. The van der Waals surface area contributed by atoms with E-state index in [1.165, 1.54) is 24.9 Å². The number of hydrogen-bond donors (Lipinski definition) is 0. The van der Waals surface area contributed by atoms with Crippen LogP contribution >= 0.6 is 15.9 Å². The fraction of sp³-hybridized carbons (Fsp3) is 0.538. The molecule has 1 atom stereocenters. The van der Waals surface area contributed by atoms with Crippen LogP contribution < -0.4 is 0 Å². The Balaban J connectivity index is 1.95. The average molecular weight is 284 g/mol. The highest BCUT2D eigenvalue weighted by molar-refractivity contribution is 9.10. The van der Waals surface area contributed by atoms with E-state index < -0.39 is 0 Å². The molecule has 16 heavy (non-hydrogen) atoms. The molecule has 1 fully saturated rings. The van der Waals surface area contributed by atoms with Crippen LogP contribution in [0.5, 0.6) is 0 Å². The van der Waals surface area contributed by atoms with Gasteiger partial charge in [0.1, 0.15) is 0 Å². The highest BCUT2D eigenvalue weighted by Crippen LogP contribution is 2.21. The number of likely N-dealkylation sites (tertiary alicyclic amines) is 1. The molecule has 1 aliphatic rings. The van der Waals surface area contributed by atoms with Crippen LogP contribution in [0.4, 0.5) is 0 Å². The van der Waals surface area contributed by atoms with E-state index in [-0.39, 0.29) is 0 Å². The number of ether oxygens (including phenoxy) is 1. The summed E-state index contributed by atoms with van der Waals surface area (Å²) in [6, 6.07) is 9.19. The Labute approximate surface area is 106 Å². The van der Waals surface area contributed by atoms with E-state index in [0.29, 0.717) is 6.04 Å². The third-order valence-corrected chi connectivity index (χ3v) is 3.69. The molecule has 3 heteroatoms. The van der Waals surface area contributed by atoms with Crippen LogP contribution in [0.2, 0.25) is 0 Å². The van der Waals surface area contributed by atoms with Crippen LogP contribution in [0.25, 0.3) is 0 Å². The molecule has 1 heterocycles. The molecule has 2 nitrogen and oxygen atoms in total. The van der Waals surface area contributed by atoms with Crippen molar-refractivity contribution in [2.45, 2.75) is 25.4 Å². The molecule has 1 aromatic carbocycles. The van der Waals surface area contributed by atoms with E-state index in [9.17, 15) is 0 Å². The monoisotopic (exact) mass is 283 g/mol. The van der Waals surface area contributed by atoms with Crippen LogP contribution in [0, 0.1) is 0 Å². The van der Waals surface area contributed by atoms with Gasteiger partial charge in [-0.05, 0) is 37.1 Å². The highest BCUT2D eigenvalue weighted by Gasteiger charge is 2.23. The SMILES string of the molecule is COC[C@@H]1CCCN1Cc1ccc(Br)cc1. The molecule has 2 rings (SSSR count). The summed E-state index contributed by atoms with van der Waals surface area (Å²) < 4.78 is 6.41. The van der Waals surface area contributed by atoms with Crippen molar-refractivity contribution in [2.75, 3.05) is 20.3 Å². The molecule has 0 N–H and O–H groups in total. The van der Waals surface area contributed by atoms with Gasteiger partial charge in [-0.15, -0.1) is 0 Å². The fourth-order valence-corrected chi connectivity index (χ4v) is 2.57. The predicted molar refractivity (Wildman–Crippen MR) is 69.5 cm³/mol. The number of nitrogens with zero attached hydrogens (tertiary/aromatic N) is 1. The average Bonchev–Trinajstić information content (AvgIpc) is 2.70. The predicted octanol–water partition coefficient (Wildman–Crippen LogP) is 3.06. The van der Waals surface area contributed by atoms with Crippen LogP contribution in [-0.2, 0) is 11.3 Å². The summed E-state index contributed by atoms with van der Waals surface area (Å²) in [5, 5.41) is 0. The maximum atomic E-state index is 5.26. The molecule has 0 radical (unpaired) electrons. The molecule has 0 amide bonds. The van der Waals surface area contributed by atoms with Crippen LogP contribution in [0.1, 0.15) is 18.4 Å². The second-order valence-electron chi connectivity index (χ2n) is 4.35. The lowest BCUT2D eigenvalue weighted by molar-refractivity contribution is 0.112. The lowest BCUT2D eigenvalue weighted by Crippen LogP contribution is -2.32. The van der Waals surface area contributed by atoms with E-state index >= 15 is 0 Å². The van der Waals surface area contributed by atoms with Gasteiger partial charge in [0.25, 0.3) is 0 Å². The van der Waals surface area contributed by atoms with Crippen LogP contribution in [0.3, 0.4) is 0 Å². The first-order valence-electron chi connectivity index (χ1n) is 5.77. The van der Waals surface area contributed by atoms with Gasteiger partial charge in [-0.1, -0.05) is 28.1 Å². The number of rotatable bonds is 4. The zero-order chi connectivity index (χ0) is 11.4. The molecule has 0 saturated carbocycles. The third kappa shape index (κ3) is 3.06. The van der Waals surface area contributed by atoms with Gasteiger partial charge in [-0.3, -0.25) is 4.90 Å². The summed E-state index contributed by atoms with van der Waals surface area (Å²) in [4.78, 5) is 2.52. The number of methoxy groups -OCH3 is 1. The summed E-state index contributed by atoms with van der Waals surface area (Å²) >= 11 is 3.46. The Morgan fingerprint density at radius 3 is 2.81 bits per heavy atom. The molecule has 0 unspecified atom stereocenters. The smallest absolute Gasteiger partial charge is 0.0618 e. The quantitative estimate of drug-likeness (QED) is 0.842. The first-order chi connectivity index (χ1) is 7.79. The lowest BCUT2D eigenvalue weighted by atomic mass is 10.2. The molecule has 88 valence electrons. The lowest BCUT2D eigenvalue weighted by Gasteiger charge is -2.23. The Morgan fingerprint density at radius 2 is 2.12 bits per heavy atom. The topological polar surface area (TPSA) is 12.5 Å². The van der Waals surface area contributed by atoms with Gasteiger partial charge in [0.2, 0.25) is 0 Å². The largest absolute Gasteiger partial charge is 0.383 e. The van der Waals surface area contributed by atoms with Crippen LogP contribution in [-0.4, -0.2) is 31.2 Å². The van der Waals surface area contributed by atoms with Gasteiger partial charge in [0.05, 0.1) is 6.61 Å². The summed E-state index contributed by atoms with van der Waals surface area (Å²) in [6.45, 7) is 3.10. The molecule has 1 aliphatic heterocycles. The summed E-state index contributed by atoms with van der Waals surface area (Å²) in [5.74, 6) is 0. The van der Waals surface area contributed by atoms with Crippen LogP contribution in [0.15, 0.2) is 28.7 Å². The molecule has 0 spiro atoms. The van der Waals surface area contributed by atoms with E-state index in [4.69, 9.17) is 4.74 Å². The zero-order valence-corrected chi connectivity index (χ0v) is 11.2. The van der Waals surface area contributed by atoms with Gasteiger partial charge in [0.15, 0.2) is 0 Å². The number of halogens is 1. The summed E-state index contributed by atoms with van der Waals surface area (Å²) in [5.41, 5.74) is 1.38. The highest BCUT2D eigenvalue weighted by atomic mass is 79.9. The normalized spacial score (nSPS) is 21.5. The minimum Gasteiger partial charge on any atom is -0.383 e. The molecule has 0 aromatic heterocycles. The van der Waals surface area contributed by atoms with Gasteiger partial charge < -0.3 is 4.74 Å². The van der Waals surface area contributed by atoms with E-state index in [1.54, 1.807) is 7.11 Å². The van der Waals surface area contributed by atoms with E-state index in [2.05, 4.69) is 45.1 Å². The van der Waals surface area contributed by atoms with Crippen molar-refractivity contribution in [2.24, 2.45) is 0 Å². The standard InChI is InChI=1S/C13H18BrNO/c1-16-10-13-3-2-8-15(13)9-11-4-6-12(14)7-5-11/h4-7,13H,2-3,8-10H2,1H3/t13-/m0/s1. The molecular weight excluding hydrogens is 266 g/mol. The van der Waals surface area contributed by atoms with Crippen molar-refractivity contribution in [3.63, 3.8) is 0 Å². The van der Waals surface area contributed by atoms with Gasteiger partial charge in [-0.2, -0.15) is 0 Å². The summed E-state index contributed by atoms with van der Waals surface area (Å²) in [6.07, 6.45) is 2.56. The second-order valence-corrected chi connectivity index (χ2v) is 5.26. The van der Waals surface area contributed by atoms with Crippen molar-refractivity contribution in [3.8, 4) is 0 Å². The van der Waals surface area contributed by atoms with Gasteiger partial charge in [-0.25, -0.2) is 0 Å². The fourth-order valence-electron chi connectivity index (χ4n) is 2.31. The summed E-state index contributed by atoms with van der Waals surface area (Å²) in [7, 11) is 1.79. The molecule has 0 aliphatic carbocycles. The van der Waals surface area contributed by atoms with Crippen molar-refractivity contribution in [1.29, 1.82) is 0 Å². The number of hydrogen-bond acceptors (Lipinski definition) is 2. The van der Waals surface area contributed by atoms with Crippen molar-refractivity contribution in [3.05, 3.63) is 34.3 Å². The zero-order valence-electron chi connectivity index (χ0n) is 9.66. The van der Waals surface area contributed by atoms with E-state index in [0.717, 1.165) is 17.6 Å². The Bertz CT molecular complexity index is 325. The van der Waals surface area contributed by atoms with Crippen molar-refractivity contribution < 1.29 is 4.74 Å². The maximum absolute atomic E-state index is 5.26. The first kappa shape index (κ1) is 12.1. The second kappa shape index (κ2) is 5.80. The van der Waals surface area contributed by atoms with Crippen molar-refractivity contribution in [1.82, 2.24) is 4.90 Å². The minimum atomic E-state index is 0.605. The number of benzene rings is 1. The Kier molecular flexibility index (Phi) is 4.38. The Hall–Kier alpha value is -0.380. The molecular formula is C13H18BrNO. The molecule has 1 aromatic rings. The first-order valence-corrected chi connectivity index (χ1v) is 6.56. The molecule has 0 bridgehead atoms. The maximum Gasteiger partial charge on any atom is 0.0618 e. The van der Waals surface area contributed by atoms with Gasteiger partial charge >= 0.3 is 0 Å². The van der Waals surface area contributed by atoms with E-state index in [1.807, 2.05) is 0 Å². The van der Waals surface area contributed by atoms with Gasteiger partial charge in [0, 0.05) is 24.2 Å². The third-order valence-electron chi connectivity index (χ3n) is 3.16. The minimum absolute atomic E-state index is 0.605. The molecule has 1 saturated heterocycles. The van der Waals surface area contributed by atoms with Crippen molar-refractivity contribution >= 4 is 15.9 Å².